The predicted molar refractivity (Wildman–Crippen MR) is 59.9 cm³/mol. The number of hydrogen-bond acceptors (Lipinski definition) is 1. The van der Waals surface area contributed by atoms with E-state index in [4.69, 9.17) is 11.6 Å². The Morgan fingerprint density at radius 1 is 1.50 bits per heavy atom. The number of carbonyl (C=O) groups excluding carboxylic acids is 1. The molecule has 0 aromatic carbocycles. The minimum Gasteiger partial charge on any atom is -0.344 e. The Hall–Kier alpha value is -0.380. The van der Waals surface area contributed by atoms with Crippen LogP contribution in [-0.4, -0.2) is 35.7 Å². The molecule has 1 aliphatic rings. The molecule has 0 spiro atoms. The lowest BCUT2D eigenvalue weighted by Crippen LogP contribution is -2.39. The van der Waals surface area contributed by atoms with Crippen LogP contribution < -0.4 is 0 Å². The lowest BCUT2D eigenvalue weighted by atomic mass is 9.86. The van der Waals surface area contributed by atoms with E-state index in [2.05, 4.69) is 0 Å². The summed E-state index contributed by atoms with van der Waals surface area (Å²) in [4.78, 5) is 13.4. The van der Waals surface area contributed by atoms with Crippen molar-refractivity contribution >= 4 is 17.5 Å². The molecule has 0 N–H and O–H groups in total. The topological polar surface area (TPSA) is 20.3 Å². The number of amides is 1. The van der Waals surface area contributed by atoms with Gasteiger partial charge in [0, 0.05) is 37.7 Å². The summed E-state index contributed by atoms with van der Waals surface area (Å²) in [6.07, 6.45) is 0.223. The van der Waals surface area contributed by atoms with E-state index in [1.165, 1.54) is 0 Å². The molecule has 16 heavy (non-hydrogen) atoms. The van der Waals surface area contributed by atoms with Crippen molar-refractivity contribution in [1.82, 2.24) is 4.90 Å². The van der Waals surface area contributed by atoms with Gasteiger partial charge in [0.25, 0.3) is 0 Å². The van der Waals surface area contributed by atoms with Crippen LogP contribution in [0.1, 0.15) is 32.6 Å². The molecule has 0 aromatic heterocycles. The molecule has 0 bridgehead atoms. The molecule has 1 amide bonds. The molecular formula is C11H18ClF2NO. The monoisotopic (exact) mass is 253 g/mol. The van der Waals surface area contributed by atoms with Gasteiger partial charge in [-0.15, -0.1) is 11.6 Å². The Morgan fingerprint density at radius 2 is 2.00 bits per heavy atom. The van der Waals surface area contributed by atoms with E-state index < -0.39 is 5.92 Å². The van der Waals surface area contributed by atoms with Crippen LogP contribution in [0.4, 0.5) is 8.78 Å². The molecule has 1 atom stereocenters. The first-order valence-corrected chi connectivity index (χ1v) is 6.02. The summed E-state index contributed by atoms with van der Waals surface area (Å²) in [6.45, 7) is 2.27. The fourth-order valence-corrected chi connectivity index (χ4v) is 2.27. The highest BCUT2D eigenvalue weighted by Gasteiger charge is 2.38. The van der Waals surface area contributed by atoms with Crippen LogP contribution in [0.5, 0.6) is 0 Å². The van der Waals surface area contributed by atoms with Crippen LogP contribution in [0.25, 0.3) is 0 Å². The van der Waals surface area contributed by atoms with E-state index in [-0.39, 0.29) is 42.9 Å². The second-order valence-corrected chi connectivity index (χ2v) is 5.37. The minimum absolute atomic E-state index is 0.0528. The van der Waals surface area contributed by atoms with Gasteiger partial charge in [0.05, 0.1) is 0 Å². The summed E-state index contributed by atoms with van der Waals surface area (Å²) in [5.41, 5.74) is 0. The number of halogens is 3. The third-order valence-electron chi connectivity index (χ3n) is 2.97. The number of alkyl halides is 3. The molecule has 94 valence electrons. The first-order valence-electron chi connectivity index (χ1n) is 5.59. The van der Waals surface area contributed by atoms with E-state index in [9.17, 15) is 13.6 Å². The third kappa shape index (κ3) is 3.89. The van der Waals surface area contributed by atoms with E-state index in [0.29, 0.717) is 6.54 Å². The standard InChI is InChI=1S/C11H18ClF2NO/c1-8(12)7-15(2)10(16)9-3-5-11(13,14)6-4-9/h8-9H,3-7H2,1-2H3. The Bertz CT molecular complexity index is 248. The van der Waals surface area contributed by atoms with Gasteiger partial charge in [0.15, 0.2) is 0 Å². The van der Waals surface area contributed by atoms with Gasteiger partial charge < -0.3 is 4.90 Å². The second-order valence-electron chi connectivity index (χ2n) is 4.63. The average Bonchev–Trinajstić information content (AvgIpc) is 2.15. The molecule has 1 rings (SSSR count). The lowest BCUT2D eigenvalue weighted by molar-refractivity contribution is -0.138. The SMILES string of the molecule is CC(Cl)CN(C)C(=O)C1CCC(F)(F)CC1. The molecule has 0 aromatic rings. The smallest absolute Gasteiger partial charge is 0.248 e. The zero-order chi connectivity index (χ0) is 12.3. The molecule has 0 heterocycles. The number of rotatable bonds is 3. The van der Waals surface area contributed by atoms with Gasteiger partial charge in [0.1, 0.15) is 0 Å². The molecule has 0 saturated heterocycles. The quantitative estimate of drug-likeness (QED) is 0.709. The maximum atomic E-state index is 12.9. The molecule has 0 aliphatic heterocycles. The van der Waals surface area contributed by atoms with Crippen LogP contribution in [-0.2, 0) is 4.79 Å². The van der Waals surface area contributed by atoms with Crippen LogP contribution >= 0.6 is 11.6 Å². The van der Waals surface area contributed by atoms with E-state index in [1.807, 2.05) is 0 Å². The fourth-order valence-electron chi connectivity index (χ4n) is 2.07. The second kappa shape index (κ2) is 5.30. The Labute approximate surface area is 99.9 Å². The highest BCUT2D eigenvalue weighted by Crippen LogP contribution is 2.36. The zero-order valence-electron chi connectivity index (χ0n) is 9.68. The summed E-state index contributed by atoms with van der Waals surface area (Å²) >= 11 is 5.79. The Kier molecular flexibility index (Phi) is 4.53. The number of nitrogens with zero attached hydrogens (tertiary/aromatic N) is 1. The van der Waals surface area contributed by atoms with Crippen molar-refractivity contribution in [2.24, 2.45) is 5.92 Å². The molecule has 1 fully saturated rings. The van der Waals surface area contributed by atoms with Gasteiger partial charge in [-0.05, 0) is 19.8 Å². The first kappa shape index (κ1) is 13.7. The Morgan fingerprint density at radius 3 is 2.44 bits per heavy atom. The normalized spacial score (nSPS) is 22.8. The lowest BCUT2D eigenvalue weighted by Gasteiger charge is -2.30. The van der Waals surface area contributed by atoms with Crippen molar-refractivity contribution in [1.29, 1.82) is 0 Å². The minimum atomic E-state index is -2.57. The predicted octanol–water partition coefficient (Wildman–Crippen LogP) is 2.90. The largest absolute Gasteiger partial charge is 0.344 e. The summed E-state index contributed by atoms with van der Waals surface area (Å²) in [5.74, 6) is -2.88. The number of carbonyl (C=O) groups is 1. The van der Waals surface area contributed by atoms with Crippen LogP contribution in [0.3, 0.4) is 0 Å². The van der Waals surface area contributed by atoms with Crippen molar-refractivity contribution in [3.63, 3.8) is 0 Å². The van der Waals surface area contributed by atoms with Gasteiger partial charge in [0.2, 0.25) is 11.8 Å². The maximum absolute atomic E-state index is 12.9. The van der Waals surface area contributed by atoms with E-state index in [1.54, 1.807) is 18.9 Å². The van der Waals surface area contributed by atoms with Crippen LogP contribution in [0.15, 0.2) is 0 Å². The van der Waals surface area contributed by atoms with Crippen LogP contribution in [0, 0.1) is 5.92 Å². The van der Waals surface area contributed by atoms with Gasteiger partial charge in [-0.25, -0.2) is 8.78 Å². The molecule has 2 nitrogen and oxygen atoms in total. The van der Waals surface area contributed by atoms with E-state index >= 15 is 0 Å². The van der Waals surface area contributed by atoms with Crippen molar-refractivity contribution < 1.29 is 13.6 Å². The number of hydrogen-bond donors (Lipinski definition) is 0. The van der Waals surface area contributed by atoms with Crippen molar-refractivity contribution in [2.75, 3.05) is 13.6 Å². The molecule has 1 saturated carbocycles. The first-order chi connectivity index (χ1) is 7.32. The van der Waals surface area contributed by atoms with Gasteiger partial charge in [-0.1, -0.05) is 0 Å². The van der Waals surface area contributed by atoms with Gasteiger partial charge >= 0.3 is 0 Å². The maximum Gasteiger partial charge on any atom is 0.248 e. The summed E-state index contributed by atoms with van der Waals surface area (Å²) in [6, 6.07) is 0. The van der Waals surface area contributed by atoms with Crippen molar-refractivity contribution in [2.45, 2.75) is 43.9 Å². The van der Waals surface area contributed by atoms with Gasteiger partial charge in [-0.2, -0.15) is 0 Å². The van der Waals surface area contributed by atoms with Crippen molar-refractivity contribution in [3.05, 3.63) is 0 Å². The molecule has 1 aliphatic carbocycles. The summed E-state index contributed by atoms with van der Waals surface area (Å²) < 4.78 is 25.8. The summed E-state index contributed by atoms with van der Waals surface area (Å²) in [7, 11) is 1.67. The average molecular weight is 254 g/mol. The summed E-state index contributed by atoms with van der Waals surface area (Å²) in [5, 5.41) is -0.112. The zero-order valence-corrected chi connectivity index (χ0v) is 10.4. The molecule has 0 radical (unpaired) electrons. The highest BCUT2D eigenvalue weighted by molar-refractivity contribution is 6.20. The molecule has 1 unspecified atom stereocenters. The molecular weight excluding hydrogens is 236 g/mol. The van der Waals surface area contributed by atoms with Crippen LogP contribution in [0.2, 0.25) is 0 Å². The Balaban J connectivity index is 2.44. The van der Waals surface area contributed by atoms with E-state index in [0.717, 1.165) is 0 Å². The van der Waals surface area contributed by atoms with Crippen molar-refractivity contribution in [3.8, 4) is 0 Å². The highest BCUT2D eigenvalue weighted by atomic mass is 35.5. The third-order valence-corrected chi connectivity index (χ3v) is 3.11. The fraction of sp³-hybridized carbons (Fsp3) is 0.909. The van der Waals surface area contributed by atoms with Gasteiger partial charge in [-0.3, -0.25) is 4.79 Å². The molecule has 5 heteroatoms.